The molecule has 2 aromatic rings. The van der Waals surface area contributed by atoms with Crippen LogP contribution in [0, 0.1) is 13.8 Å². The molecule has 3 saturated heterocycles. The van der Waals surface area contributed by atoms with Gasteiger partial charge in [-0.05, 0) is 100 Å². The Hall–Kier alpha value is -3.83. The minimum Gasteiger partial charge on any atom is -0.507 e. The highest BCUT2D eigenvalue weighted by molar-refractivity contribution is 5.91. The molecule has 254 valence electrons. The van der Waals surface area contributed by atoms with Crippen LogP contribution in [0.2, 0.25) is 0 Å². The zero-order valence-corrected chi connectivity index (χ0v) is 27.8. The fourth-order valence-corrected chi connectivity index (χ4v) is 7.79. The van der Waals surface area contributed by atoms with Crippen molar-refractivity contribution in [1.29, 1.82) is 0 Å². The van der Waals surface area contributed by atoms with Gasteiger partial charge in [0.05, 0.1) is 0 Å². The van der Waals surface area contributed by atoms with Crippen LogP contribution in [0.15, 0.2) is 36.4 Å². The van der Waals surface area contributed by atoms with Gasteiger partial charge in [0.15, 0.2) is 6.10 Å². The highest BCUT2D eigenvalue weighted by Crippen LogP contribution is 2.28. The Morgan fingerprint density at radius 3 is 2.19 bits per heavy atom. The van der Waals surface area contributed by atoms with Crippen molar-refractivity contribution >= 4 is 23.7 Å². The van der Waals surface area contributed by atoms with Gasteiger partial charge in [-0.3, -0.25) is 4.79 Å². The van der Waals surface area contributed by atoms with E-state index in [2.05, 4.69) is 10.2 Å². The molecule has 1 atom stereocenters. The molecule has 4 aliphatic heterocycles. The summed E-state index contributed by atoms with van der Waals surface area (Å²) in [5.41, 5.74) is 10.4. The first-order valence-electron chi connectivity index (χ1n) is 17.3. The molecule has 3 fully saturated rings. The summed E-state index contributed by atoms with van der Waals surface area (Å²) >= 11 is 0. The van der Waals surface area contributed by atoms with Crippen molar-refractivity contribution in [3.05, 3.63) is 58.7 Å². The van der Waals surface area contributed by atoms with E-state index in [-0.39, 0.29) is 36.2 Å². The van der Waals surface area contributed by atoms with Crippen molar-refractivity contribution in [2.24, 2.45) is 5.73 Å². The number of ether oxygens (including phenoxy) is 1. The first-order valence-corrected chi connectivity index (χ1v) is 17.3. The van der Waals surface area contributed by atoms with Crippen LogP contribution < -0.4 is 11.1 Å². The van der Waals surface area contributed by atoms with Gasteiger partial charge >= 0.3 is 12.1 Å². The number of aryl methyl sites for hydroxylation is 2. The number of phenols is 1. The Morgan fingerprint density at radius 1 is 0.894 bits per heavy atom. The maximum Gasteiger partial charge on any atom is 0.410 e. The summed E-state index contributed by atoms with van der Waals surface area (Å²) in [6.07, 6.45) is 4.64. The van der Waals surface area contributed by atoms with Crippen LogP contribution in [0.5, 0.6) is 5.75 Å². The van der Waals surface area contributed by atoms with E-state index in [9.17, 15) is 19.5 Å². The monoisotopic (exact) mass is 646 g/mol. The molecule has 0 aliphatic carbocycles. The zero-order valence-electron chi connectivity index (χ0n) is 27.8. The SMILES string of the molecule is Cc1cc(C[C@@H](OC(=O)N2CCC(N3CCc4ccccc4NC3=O)CC2)C(=O)N2CCC(N3CCC(N)CC3)CC2)cc(C)c1O. The predicted octanol–water partition coefficient (Wildman–Crippen LogP) is 4.03. The number of benzene rings is 2. The van der Waals surface area contributed by atoms with Crippen LogP contribution in [0.1, 0.15) is 60.8 Å². The first-order chi connectivity index (χ1) is 22.7. The van der Waals surface area contributed by atoms with Gasteiger partial charge in [-0.2, -0.15) is 0 Å². The van der Waals surface area contributed by atoms with Gasteiger partial charge in [0, 0.05) is 63.0 Å². The van der Waals surface area contributed by atoms with Gasteiger partial charge in [-0.15, -0.1) is 0 Å². The number of aromatic hydroxyl groups is 1. The number of nitrogens with two attached hydrogens (primary N) is 1. The van der Waals surface area contributed by atoms with Crippen LogP contribution >= 0.6 is 0 Å². The van der Waals surface area contributed by atoms with Gasteiger partial charge in [0.2, 0.25) is 0 Å². The molecule has 4 N–H and O–H groups in total. The molecular weight excluding hydrogens is 596 g/mol. The number of nitrogens with one attached hydrogen (secondary N) is 1. The minimum absolute atomic E-state index is 0.0191. The number of hydrogen-bond donors (Lipinski definition) is 3. The number of anilines is 1. The van der Waals surface area contributed by atoms with Crippen LogP contribution in [0.3, 0.4) is 0 Å². The van der Waals surface area contributed by atoms with E-state index in [0.29, 0.717) is 51.6 Å². The molecule has 4 aliphatic rings. The molecule has 6 rings (SSSR count). The molecule has 0 saturated carbocycles. The normalized spacial score (nSPS) is 21.2. The molecule has 0 aromatic heterocycles. The predicted molar refractivity (Wildman–Crippen MR) is 180 cm³/mol. The third-order valence-electron chi connectivity index (χ3n) is 10.7. The Labute approximate surface area is 278 Å². The number of piperidine rings is 3. The van der Waals surface area contributed by atoms with Crippen LogP contribution in [-0.2, 0) is 22.4 Å². The number of fused-ring (bicyclic) bond motifs is 1. The van der Waals surface area contributed by atoms with Crippen molar-refractivity contribution in [1.82, 2.24) is 19.6 Å². The molecule has 4 heterocycles. The Kier molecular flexibility index (Phi) is 10.2. The van der Waals surface area contributed by atoms with Crippen LogP contribution in [0.25, 0.3) is 0 Å². The van der Waals surface area contributed by atoms with Crippen molar-refractivity contribution in [3.8, 4) is 5.75 Å². The zero-order chi connectivity index (χ0) is 33.1. The topological polar surface area (TPSA) is 132 Å². The number of rotatable bonds is 6. The summed E-state index contributed by atoms with van der Waals surface area (Å²) in [5, 5.41) is 13.4. The lowest BCUT2D eigenvalue weighted by molar-refractivity contribution is -0.142. The number of urea groups is 1. The van der Waals surface area contributed by atoms with Gasteiger partial charge in [-0.1, -0.05) is 30.3 Å². The summed E-state index contributed by atoms with van der Waals surface area (Å²) in [5.74, 6) is 0.0655. The van der Waals surface area contributed by atoms with E-state index >= 15 is 0 Å². The largest absolute Gasteiger partial charge is 0.507 e. The number of carbonyl (C=O) groups excluding carboxylic acids is 3. The van der Waals surface area contributed by atoms with E-state index in [1.54, 1.807) is 4.90 Å². The van der Waals surface area contributed by atoms with Crippen LogP contribution in [0.4, 0.5) is 15.3 Å². The average Bonchev–Trinajstić information content (AvgIpc) is 3.25. The smallest absolute Gasteiger partial charge is 0.410 e. The number of amides is 4. The molecular formula is C36H50N6O5. The molecule has 0 bridgehead atoms. The second kappa shape index (κ2) is 14.5. The molecule has 2 aromatic carbocycles. The lowest BCUT2D eigenvalue weighted by atomic mass is 9.97. The van der Waals surface area contributed by atoms with Crippen molar-refractivity contribution in [3.63, 3.8) is 0 Å². The molecule has 0 unspecified atom stereocenters. The summed E-state index contributed by atoms with van der Waals surface area (Å²) in [6.45, 7) is 8.45. The summed E-state index contributed by atoms with van der Waals surface area (Å²) < 4.78 is 6.05. The Bertz CT molecular complexity index is 1420. The molecule has 47 heavy (non-hydrogen) atoms. The number of hydrogen-bond acceptors (Lipinski definition) is 7. The molecule has 0 radical (unpaired) electrons. The molecule has 11 nitrogen and oxygen atoms in total. The average molecular weight is 647 g/mol. The van der Waals surface area contributed by atoms with Crippen molar-refractivity contribution in [2.45, 2.75) is 89.4 Å². The Balaban J connectivity index is 1.08. The highest BCUT2D eigenvalue weighted by Gasteiger charge is 2.36. The second-order valence-corrected chi connectivity index (χ2v) is 13.8. The lowest BCUT2D eigenvalue weighted by Gasteiger charge is -2.42. The third-order valence-corrected chi connectivity index (χ3v) is 10.7. The second-order valence-electron chi connectivity index (χ2n) is 13.8. The number of phenolic OH excluding ortho intramolecular Hbond substituents is 1. The van der Waals surface area contributed by atoms with Crippen molar-refractivity contribution in [2.75, 3.05) is 51.1 Å². The van der Waals surface area contributed by atoms with E-state index in [1.807, 2.05) is 60.0 Å². The number of nitrogens with zero attached hydrogens (tertiary/aromatic N) is 4. The van der Waals surface area contributed by atoms with Crippen LogP contribution in [-0.4, -0.2) is 113 Å². The molecule has 0 spiro atoms. The first kappa shape index (κ1) is 33.1. The van der Waals surface area contributed by atoms with Gasteiger partial charge in [0.25, 0.3) is 5.91 Å². The van der Waals surface area contributed by atoms with Gasteiger partial charge in [0.1, 0.15) is 5.75 Å². The fraction of sp³-hybridized carbons (Fsp3) is 0.583. The highest BCUT2D eigenvalue weighted by atomic mass is 16.6. The maximum absolute atomic E-state index is 14.0. The number of carbonyl (C=O) groups is 3. The third kappa shape index (κ3) is 7.67. The van der Waals surface area contributed by atoms with E-state index < -0.39 is 12.2 Å². The number of likely N-dealkylation sites (tertiary alicyclic amines) is 3. The summed E-state index contributed by atoms with van der Waals surface area (Å²) in [6, 6.07) is 12.3. The fourth-order valence-electron chi connectivity index (χ4n) is 7.79. The van der Waals surface area contributed by atoms with Gasteiger partial charge in [-0.25, -0.2) is 9.59 Å². The lowest BCUT2D eigenvalue weighted by Crippen LogP contribution is -2.53. The standard InChI is InChI=1S/C36H50N6O5/c1-24-21-26(22-25(2)33(24)43)23-32(34(44)40-16-10-29(11-17-40)39-14-8-28(37)9-15-39)47-36(46)41-18-12-30(13-19-41)42-20-7-27-5-3-4-6-31(27)38-35(42)45/h3-6,21-22,28-30,32,43H,7-20,23,37H2,1-2H3,(H,38,45)/t32-/m1/s1. The molecule has 11 heteroatoms. The summed E-state index contributed by atoms with van der Waals surface area (Å²) in [4.78, 5) is 48.6. The Morgan fingerprint density at radius 2 is 1.51 bits per heavy atom. The van der Waals surface area contributed by atoms with Crippen molar-refractivity contribution < 1.29 is 24.2 Å². The quantitative estimate of drug-likeness (QED) is 0.432. The maximum atomic E-state index is 14.0. The summed E-state index contributed by atoms with van der Waals surface area (Å²) in [7, 11) is 0. The van der Waals surface area contributed by atoms with E-state index in [1.165, 1.54) is 0 Å². The van der Waals surface area contributed by atoms with E-state index in [0.717, 1.165) is 73.1 Å². The van der Waals surface area contributed by atoms with Gasteiger partial charge < -0.3 is 40.5 Å². The molecule has 4 amide bonds. The minimum atomic E-state index is -0.969. The van der Waals surface area contributed by atoms with E-state index in [4.69, 9.17) is 10.5 Å². The number of para-hydroxylation sites is 1.